The van der Waals surface area contributed by atoms with E-state index in [9.17, 15) is 4.79 Å². The molecule has 2 nitrogen and oxygen atoms in total. The quantitative estimate of drug-likeness (QED) is 0.731. The van der Waals surface area contributed by atoms with E-state index in [0.29, 0.717) is 6.54 Å². The summed E-state index contributed by atoms with van der Waals surface area (Å²) in [5, 5.41) is 2.10. The van der Waals surface area contributed by atoms with Gasteiger partial charge in [0, 0.05) is 18.0 Å². The zero-order valence-electron chi connectivity index (χ0n) is 9.12. The summed E-state index contributed by atoms with van der Waals surface area (Å²) < 4.78 is 0. The smallest absolute Gasteiger partial charge is 0.237 e. The van der Waals surface area contributed by atoms with Crippen molar-refractivity contribution < 1.29 is 4.79 Å². The van der Waals surface area contributed by atoms with E-state index >= 15 is 0 Å². The van der Waals surface area contributed by atoms with Crippen LogP contribution in [0, 0.1) is 6.92 Å². The number of nitrogens with zero attached hydrogens (tertiary/aromatic N) is 1. The van der Waals surface area contributed by atoms with E-state index in [2.05, 4.69) is 25.3 Å². The molecule has 0 aliphatic heterocycles. The fraction of sp³-hybridized carbons (Fsp3) is 0.545. The van der Waals surface area contributed by atoms with Gasteiger partial charge in [0.2, 0.25) is 5.91 Å². The summed E-state index contributed by atoms with van der Waals surface area (Å²) in [6, 6.07) is 2.12. The van der Waals surface area contributed by atoms with E-state index in [0.717, 1.165) is 13.0 Å². The molecule has 1 rings (SSSR count). The molecule has 84 valence electrons. The van der Waals surface area contributed by atoms with E-state index in [4.69, 9.17) is 11.6 Å². The lowest BCUT2D eigenvalue weighted by Crippen LogP contribution is -2.31. The number of carbonyl (C=O) groups is 1. The van der Waals surface area contributed by atoms with Gasteiger partial charge in [-0.15, -0.1) is 22.9 Å². The van der Waals surface area contributed by atoms with Crippen LogP contribution in [0.15, 0.2) is 11.4 Å². The average Bonchev–Trinajstić information content (AvgIpc) is 2.62. The molecule has 0 atom stereocenters. The number of thiophene rings is 1. The highest BCUT2D eigenvalue weighted by Crippen LogP contribution is 2.15. The third kappa shape index (κ3) is 3.84. The van der Waals surface area contributed by atoms with Gasteiger partial charge in [-0.25, -0.2) is 0 Å². The minimum atomic E-state index is 0.0161. The molecule has 0 N–H and O–H groups in total. The minimum absolute atomic E-state index is 0.0161. The molecule has 0 aliphatic carbocycles. The molecule has 1 aromatic heterocycles. The Hall–Kier alpha value is -0.540. The summed E-state index contributed by atoms with van der Waals surface area (Å²) >= 11 is 7.28. The summed E-state index contributed by atoms with van der Waals surface area (Å²) in [4.78, 5) is 14.6. The molecule has 0 aliphatic rings. The molecular formula is C11H16ClNOS. The maximum atomic E-state index is 11.5. The van der Waals surface area contributed by atoms with Gasteiger partial charge in [0.15, 0.2) is 0 Å². The summed E-state index contributed by atoms with van der Waals surface area (Å²) in [6.45, 7) is 5.60. The van der Waals surface area contributed by atoms with Crippen LogP contribution in [0.2, 0.25) is 0 Å². The SMILES string of the molecule is CCCN(Cc1csc(C)c1)C(=O)CCl. The van der Waals surface area contributed by atoms with Crippen LogP contribution in [0.25, 0.3) is 0 Å². The largest absolute Gasteiger partial charge is 0.337 e. The maximum Gasteiger partial charge on any atom is 0.237 e. The van der Waals surface area contributed by atoms with Crippen molar-refractivity contribution in [2.75, 3.05) is 12.4 Å². The Morgan fingerprint density at radius 1 is 1.60 bits per heavy atom. The zero-order valence-corrected chi connectivity index (χ0v) is 10.7. The van der Waals surface area contributed by atoms with Crippen LogP contribution in [-0.4, -0.2) is 23.2 Å². The molecular weight excluding hydrogens is 230 g/mol. The number of aryl methyl sites for hydroxylation is 1. The molecule has 1 aromatic rings. The number of alkyl halides is 1. The number of rotatable bonds is 5. The van der Waals surface area contributed by atoms with Gasteiger partial charge in [-0.1, -0.05) is 6.92 Å². The Morgan fingerprint density at radius 3 is 2.80 bits per heavy atom. The van der Waals surface area contributed by atoms with Crippen LogP contribution in [-0.2, 0) is 11.3 Å². The summed E-state index contributed by atoms with van der Waals surface area (Å²) in [5.74, 6) is 0.0886. The topological polar surface area (TPSA) is 20.3 Å². The standard InChI is InChI=1S/C11H16ClNOS/c1-3-4-13(11(14)6-12)7-10-5-9(2)15-8-10/h5,8H,3-4,6-7H2,1-2H3. The lowest BCUT2D eigenvalue weighted by molar-refractivity contribution is -0.129. The third-order valence-electron chi connectivity index (χ3n) is 2.12. The molecule has 1 heterocycles. The highest BCUT2D eigenvalue weighted by atomic mass is 35.5. The zero-order chi connectivity index (χ0) is 11.3. The Kier molecular flexibility index (Phi) is 5.12. The molecule has 0 spiro atoms. The van der Waals surface area contributed by atoms with Crippen molar-refractivity contribution in [3.8, 4) is 0 Å². The lowest BCUT2D eigenvalue weighted by atomic mass is 10.2. The Bertz CT molecular complexity index is 324. The van der Waals surface area contributed by atoms with Crippen molar-refractivity contribution in [2.45, 2.75) is 26.8 Å². The first-order valence-corrected chi connectivity index (χ1v) is 6.46. The van der Waals surface area contributed by atoms with Crippen LogP contribution in [0.3, 0.4) is 0 Å². The molecule has 0 fully saturated rings. The Balaban J connectivity index is 2.62. The minimum Gasteiger partial charge on any atom is -0.337 e. The summed E-state index contributed by atoms with van der Waals surface area (Å²) in [7, 11) is 0. The van der Waals surface area contributed by atoms with Gasteiger partial charge in [-0.05, 0) is 30.4 Å². The van der Waals surface area contributed by atoms with Gasteiger partial charge in [0.1, 0.15) is 5.88 Å². The van der Waals surface area contributed by atoms with Gasteiger partial charge in [-0.3, -0.25) is 4.79 Å². The van der Waals surface area contributed by atoms with Crippen molar-refractivity contribution in [3.63, 3.8) is 0 Å². The van der Waals surface area contributed by atoms with Gasteiger partial charge in [0.05, 0.1) is 0 Å². The second kappa shape index (κ2) is 6.13. The number of hydrogen-bond donors (Lipinski definition) is 0. The molecule has 1 amide bonds. The Morgan fingerprint density at radius 2 is 2.33 bits per heavy atom. The van der Waals surface area contributed by atoms with E-state index in [1.807, 2.05) is 4.90 Å². The molecule has 15 heavy (non-hydrogen) atoms. The van der Waals surface area contributed by atoms with Crippen LogP contribution in [0.4, 0.5) is 0 Å². The average molecular weight is 246 g/mol. The van der Waals surface area contributed by atoms with Gasteiger partial charge < -0.3 is 4.90 Å². The molecule has 0 aromatic carbocycles. The van der Waals surface area contributed by atoms with Crippen molar-refractivity contribution in [1.29, 1.82) is 0 Å². The number of halogens is 1. The lowest BCUT2D eigenvalue weighted by Gasteiger charge is -2.20. The first kappa shape index (κ1) is 12.5. The molecule has 0 radical (unpaired) electrons. The first-order valence-electron chi connectivity index (χ1n) is 5.05. The van der Waals surface area contributed by atoms with Crippen LogP contribution >= 0.6 is 22.9 Å². The number of hydrogen-bond acceptors (Lipinski definition) is 2. The van der Waals surface area contributed by atoms with Crippen LogP contribution in [0.5, 0.6) is 0 Å². The van der Waals surface area contributed by atoms with Crippen molar-refractivity contribution in [3.05, 3.63) is 21.9 Å². The second-order valence-corrected chi connectivity index (χ2v) is 4.90. The van der Waals surface area contributed by atoms with Crippen molar-refractivity contribution >= 4 is 28.8 Å². The molecule has 0 unspecified atom stereocenters. The molecule has 4 heteroatoms. The monoisotopic (exact) mass is 245 g/mol. The normalized spacial score (nSPS) is 10.3. The molecule has 0 saturated heterocycles. The number of carbonyl (C=O) groups excluding carboxylic acids is 1. The van der Waals surface area contributed by atoms with E-state index in [1.54, 1.807) is 11.3 Å². The van der Waals surface area contributed by atoms with Gasteiger partial charge in [-0.2, -0.15) is 0 Å². The van der Waals surface area contributed by atoms with E-state index in [-0.39, 0.29) is 11.8 Å². The highest BCUT2D eigenvalue weighted by Gasteiger charge is 2.12. The second-order valence-electron chi connectivity index (χ2n) is 3.51. The molecule has 0 bridgehead atoms. The summed E-state index contributed by atoms with van der Waals surface area (Å²) in [5.41, 5.74) is 1.20. The van der Waals surface area contributed by atoms with E-state index < -0.39 is 0 Å². The van der Waals surface area contributed by atoms with Crippen LogP contribution in [0.1, 0.15) is 23.8 Å². The van der Waals surface area contributed by atoms with E-state index in [1.165, 1.54) is 10.4 Å². The van der Waals surface area contributed by atoms with Crippen molar-refractivity contribution in [2.24, 2.45) is 0 Å². The van der Waals surface area contributed by atoms with Crippen molar-refractivity contribution in [1.82, 2.24) is 4.90 Å². The first-order chi connectivity index (χ1) is 7.17. The summed E-state index contributed by atoms with van der Waals surface area (Å²) in [6.07, 6.45) is 0.964. The maximum absolute atomic E-state index is 11.5. The van der Waals surface area contributed by atoms with Gasteiger partial charge in [0.25, 0.3) is 0 Å². The third-order valence-corrected chi connectivity index (χ3v) is 3.26. The predicted molar refractivity (Wildman–Crippen MR) is 65.5 cm³/mol. The highest BCUT2D eigenvalue weighted by molar-refractivity contribution is 7.10. The van der Waals surface area contributed by atoms with Crippen LogP contribution < -0.4 is 0 Å². The number of amides is 1. The predicted octanol–water partition coefficient (Wildman–Crippen LogP) is 3.03. The fourth-order valence-electron chi connectivity index (χ4n) is 1.45. The van der Waals surface area contributed by atoms with Gasteiger partial charge >= 0.3 is 0 Å². The Labute approximate surface area is 99.9 Å². The molecule has 0 saturated carbocycles. The fourth-order valence-corrected chi connectivity index (χ4v) is 2.32.